The van der Waals surface area contributed by atoms with Gasteiger partial charge in [-0.2, -0.15) is 5.26 Å². The van der Waals surface area contributed by atoms with Gasteiger partial charge in [-0.1, -0.05) is 64.6 Å². The van der Waals surface area contributed by atoms with E-state index in [-0.39, 0.29) is 18.8 Å². The van der Waals surface area contributed by atoms with E-state index in [9.17, 15) is 10.1 Å². The van der Waals surface area contributed by atoms with Crippen LogP contribution in [0, 0.1) is 11.3 Å². The van der Waals surface area contributed by atoms with Crippen LogP contribution in [0.4, 0.5) is 5.69 Å². The number of benzene rings is 4. The number of nitriles is 1. The summed E-state index contributed by atoms with van der Waals surface area (Å²) in [6.45, 7) is 2.75. The molecule has 0 spiro atoms. The highest BCUT2D eigenvalue weighted by Gasteiger charge is 2.13. The Morgan fingerprint density at radius 2 is 1.60 bits per heavy atom. The molecule has 0 saturated carbocycles. The Balaban J connectivity index is 1.40. The largest absolute Gasteiger partial charge is 0.490 e. The molecule has 0 atom stereocenters. The molecule has 0 unspecified atom stereocenters. The minimum absolute atomic E-state index is 0.0837. The molecule has 4 aromatic carbocycles. The molecule has 0 saturated heterocycles. The van der Waals surface area contributed by atoms with Crippen molar-refractivity contribution in [2.45, 2.75) is 20.1 Å². The fraction of sp³-hybridized carbons (Fsp3) is 0.125. The summed E-state index contributed by atoms with van der Waals surface area (Å²) in [7, 11) is 0. The summed E-state index contributed by atoms with van der Waals surface area (Å²) in [5.74, 6) is 1.00. The van der Waals surface area contributed by atoms with Crippen LogP contribution in [0.1, 0.15) is 23.6 Å². The lowest BCUT2D eigenvalue weighted by atomic mass is 10.1. The Bertz CT molecular complexity index is 1650. The molecular formula is C32H24Cl4N2O4. The van der Waals surface area contributed by atoms with E-state index < -0.39 is 5.91 Å². The van der Waals surface area contributed by atoms with Gasteiger partial charge in [0.15, 0.2) is 11.5 Å². The van der Waals surface area contributed by atoms with Crippen LogP contribution >= 0.6 is 46.4 Å². The molecule has 10 heteroatoms. The average molecular weight is 642 g/mol. The summed E-state index contributed by atoms with van der Waals surface area (Å²) in [5.41, 5.74) is 2.64. The van der Waals surface area contributed by atoms with Crippen molar-refractivity contribution in [2.75, 3.05) is 11.9 Å². The lowest BCUT2D eigenvalue weighted by molar-refractivity contribution is -0.112. The van der Waals surface area contributed by atoms with Gasteiger partial charge in [-0.05, 0) is 84.8 Å². The molecule has 0 radical (unpaired) electrons. The SMILES string of the molecule is CCOc1cc(/C=C(\C#N)C(=O)Nc2ccc(OCc3ccc(Cl)cc3Cl)cc2)ccc1OCc1ccc(Cl)c(Cl)c1. The molecule has 0 bridgehead atoms. The third-order valence-corrected chi connectivity index (χ3v) is 7.17. The first kappa shape index (κ1) is 31.1. The van der Waals surface area contributed by atoms with Crippen molar-refractivity contribution in [1.82, 2.24) is 0 Å². The number of amides is 1. The Hall–Kier alpha value is -3.86. The highest BCUT2D eigenvalue weighted by molar-refractivity contribution is 6.42. The van der Waals surface area contributed by atoms with E-state index in [1.165, 1.54) is 6.08 Å². The fourth-order valence-electron chi connectivity index (χ4n) is 3.74. The van der Waals surface area contributed by atoms with Gasteiger partial charge in [-0.3, -0.25) is 4.79 Å². The standard InChI is InChI=1S/C32H24Cl4N2O4/c1-2-40-31-15-20(4-12-30(31)42-18-21-3-11-27(34)29(36)14-21)13-23(17-37)32(39)38-25-7-9-26(10-8-25)41-19-22-5-6-24(33)16-28(22)35/h3-16H,2,18-19H2,1H3,(H,38,39)/b23-13+. The maximum absolute atomic E-state index is 12.9. The number of nitrogens with zero attached hydrogens (tertiary/aromatic N) is 1. The van der Waals surface area contributed by atoms with Crippen LogP contribution in [0.25, 0.3) is 6.08 Å². The lowest BCUT2D eigenvalue weighted by Gasteiger charge is -2.13. The minimum atomic E-state index is -0.558. The number of ether oxygens (including phenoxy) is 3. The Morgan fingerprint density at radius 3 is 2.29 bits per heavy atom. The third kappa shape index (κ3) is 8.58. The number of carbonyl (C=O) groups is 1. The van der Waals surface area contributed by atoms with E-state index in [2.05, 4.69) is 5.32 Å². The number of hydrogen-bond donors (Lipinski definition) is 1. The minimum Gasteiger partial charge on any atom is -0.490 e. The molecule has 214 valence electrons. The van der Waals surface area contributed by atoms with E-state index in [0.29, 0.717) is 55.2 Å². The van der Waals surface area contributed by atoms with Gasteiger partial charge in [0.05, 0.1) is 16.7 Å². The van der Waals surface area contributed by atoms with Crippen molar-refractivity contribution in [2.24, 2.45) is 0 Å². The Labute approximate surface area is 263 Å². The second kappa shape index (κ2) is 14.9. The molecule has 0 aliphatic heterocycles. The van der Waals surface area contributed by atoms with E-state index in [1.807, 2.05) is 19.1 Å². The van der Waals surface area contributed by atoms with Gasteiger partial charge in [-0.25, -0.2) is 0 Å². The lowest BCUT2D eigenvalue weighted by Crippen LogP contribution is -2.13. The molecular weight excluding hydrogens is 618 g/mol. The number of nitrogens with one attached hydrogen (secondary N) is 1. The number of carbonyl (C=O) groups excluding carboxylic acids is 1. The quantitative estimate of drug-likeness (QED) is 0.130. The third-order valence-electron chi connectivity index (χ3n) is 5.84. The average Bonchev–Trinajstić information content (AvgIpc) is 2.97. The topological polar surface area (TPSA) is 80.6 Å². The molecule has 1 N–H and O–H groups in total. The van der Waals surface area contributed by atoms with Gasteiger partial charge >= 0.3 is 0 Å². The van der Waals surface area contributed by atoms with Gasteiger partial charge in [0, 0.05) is 21.3 Å². The van der Waals surface area contributed by atoms with Crippen molar-refractivity contribution in [3.05, 3.63) is 121 Å². The van der Waals surface area contributed by atoms with Gasteiger partial charge in [0.1, 0.15) is 30.6 Å². The molecule has 42 heavy (non-hydrogen) atoms. The first-order valence-corrected chi connectivity index (χ1v) is 14.2. The zero-order valence-electron chi connectivity index (χ0n) is 22.3. The summed E-state index contributed by atoms with van der Waals surface area (Å²) in [4.78, 5) is 12.9. The van der Waals surface area contributed by atoms with Crippen LogP contribution in [0.3, 0.4) is 0 Å². The highest BCUT2D eigenvalue weighted by atomic mass is 35.5. The number of hydrogen-bond acceptors (Lipinski definition) is 5. The molecule has 4 aromatic rings. The molecule has 6 nitrogen and oxygen atoms in total. The zero-order valence-corrected chi connectivity index (χ0v) is 25.3. The first-order valence-electron chi connectivity index (χ1n) is 12.7. The van der Waals surface area contributed by atoms with Crippen molar-refractivity contribution in [3.8, 4) is 23.3 Å². The van der Waals surface area contributed by atoms with Gasteiger partial charge in [0.25, 0.3) is 5.91 Å². The zero-order chi connectivity index (χ0) is 30.1. The highest BCUT2D eigenvalue weighted by Crippen LogP contribution is 2.31. The number of rotatable bonds is 11. The monoisotopic (exact) mass is 640 g/mol. The van der Waals surface area contributed by atoms with E-state index in [4.69, 9.17) is 60.6 Å². The van der Waals surface area contributed by atoms with Crippen LogP contribution in [-0.2, 0) is 18.0 Å². The number of anilines is 1. The van der Waals surface area contributed by atoms with Crippen LogP contribution < -0.4 is 19.5 Å². The second-order valence-corrected chi connectivity index (χ2v) is 10.5. The van der Waals surface area contributed by atoms with Gasteiger partial charge in [0.2, 0.25) is 0 Å². The summed E-state index contributed by atoms with van der Waals surface area (Å²) >= 11 is 24.2. The normalized spacial score (nSPS) is 11.0. The van der Waals surface area contributed by atoms with Crippen molar-refractivity contribution < 1.29 is 19.0 Å². The van der Waals surface area contributed by atoms with Crippen LogP contribution in [-0.4, -0.2) is 12.5 Å². The predicted octanol–water partition coefficient (Wildman–Crippen LogP) is 9.40. The van der Waals surface area contributed by atoms with Crippen LogP contribution in [0.2, 0.25) is 20.1 Å². The van der Waals surface area contributed by atoms with Gasteiger partial charge in [-0.15, -0.1) is 0 Å². The number of halogens is 4. The fourth-order valence-corrected chi connectivity index (χ4v) is 4.52. The second-order valence-electron chi connectivity index (χ2n) is 8.85. The molecule has 1 amide bonds. The van der Waals surface area contributed by atoms with Crippen LogP contribution in [0.15, 0.2) is 84.4 Å². The van der Waals surface area contributed by atoms with Crippen LogP contribution in [0.5, 0.6) is 17.2 Å². The van der Waals surface area contributed by atoms with Crippen molar-refractivity contribution in [1.29, 1.82) is 5.26 Å². The summed E-state index contributed by atoms with van der Waals surface area (Å²) in [6, 6.07) is 24.3. The maximum Gasteiger partial charge on any atom is 0.266 e. The molecule has 0 heterocycles. The van der Waals surface area contributed by atoms with E-state index in [1.54, 1.807) is 72.8 Å². The van der Waals surface area contributed by atoms with Gasteiger partial charge < -0.3 is 19.5 Å². The first-order chi connectivity index (χ1) is 20.2. The Kier molecular flexibility index (Phi) is 11.0. The Morgan fingerprint density at radius 1 is 0.810 bits per heavy atom. The maximum atomic E-state index is 12.9. The summed E-state index contributed by atoms with van der Waals surface area (Å²) < 4.78 is 17.4. The molecule has 0 aliphatic carbocycles. The van der Waals surface area contributed by atoms with Crippen molar-refractivity contribution >= 4 is 64.1 Å². The summed E-state index contributed by atoms with van der Waals surface area (Å²) in [5, 5.41) is 14.4. The predicted molar refractivity (Wildman–Crippen MR) is 168 cm³/mol. The van der Waals surface area contributed by atoms with E-state index in [0.717, 1.165) is 11.1 Å². The molecule has 0 fully saturated rings. The molecule has 0 aliphatic rings. The molecule has 4 rings (SSSR count). The van der Waals surface area contributed by atoms with Crippen molar-refractivity contribution in [3.63, 3.8) is 0 Å². The van der Waals surface area contributed by atoms with E-state index >= 15 is 0 Å². The summed E-state index contributed by atoms with van der Waals surface area (Å²) in [6.07, 6.45) is 1.48. The smallest absolute Gasteiger partial charge is 0.266 e. The molecule has 0 aromatic heterocycles.